The van der Waals surface area contributed by atoms with E-state index >= 15 is 0 Å². The van der Waals surface area contributed by atoms with E-state index in [-0.39, 0.29) is 6.04 Å². The molecule has 0 spiro atoms. The van der Waals surface area contributed by atoms with Gasteiger partial charge in [-0.3, -0.25) is 4.68 Å². The molecule has 1 unspecified atom stereocenters. The van der Waals surface area contributed by atoms with Gasteiger partial charge in [-0.1, -0.05) is 29.3 Å². The molecule has 6 heteroatoms. The Hall–Kier alpha value is -0.550. The molecule has 2 aromatic rings. The molecule has 0 aliphatic carbocycles. The maximum absolute atomic E-state index is 6.28. The third kappa shape index (κ3) is 3.14. The summed E-state index contributed by atoms with van der Waals surface area (Å²) in [6.45, 7) is 2.79. The van der Waals surface area contributed by atoms with Crippen molar-refractivity contribution in [3.05, 3.63) is 50.2 Å². The van der Waals surface area contributed by atoms with Crippen molar-refractivity contribution < 1.29 is 0 Å². The lowest BCUT2D eigenvalue weighted by Gasteiger charge is -2.16. The van der Waals surface area contributed by atoms with Crippen LogP contribution in [0.4, 0.5) is 0 Å². The molecule has 0 aliphatic rings. The highest BCUT2D eigenvalue weighted by atomic mass is 79.9. The van der Waals surface area contributed by atoms with Crippen LogP contribution in [0.1, 0.15) is 24.2 Å². The van der Waals surface area contributed by atoms with Gasteiger partial charge in [-0.15, -0.1) is 0 Å². The van der Waals surface area contributed by atoms with E-state index in [1.807, 2.05) is 29.8 Å². The van der Waals surface area contributed by atoms with Gasteiger partial charge in [0.15, 0.2) is 0 Å². The average Bonchev–Trinajstić information content (AvgIpc) is 2.75. The second-order valence-electron chi connectivity index (χ2n) is 4.20. The molecule has 102 valence electrons. The van der Waals surface area contributed by atoms with E-state index < -0.39 is 0 Å². The maximum atomic E-state index is 6.28. The second kappa shape index (κ2) is 6.27. The second-order valence-corrected chi connectivity index (χ2v) is 5.87. The molecule has 1 aromatic carbocycles. The first kappa shape index (κ1) is 14.9. The average molecular weight is 363 g/mol. The molecule has 0 aliphatic heterocycles. The van der Waals surface area contributed by atoms with E-state index in [0.717, 1.165) is 22.3 Å². The van der Waals surface area contributed by atoms with Crippen LogP contribution in [0.15, 0.2) is 28.9 Å². The Morgan fingerprint density at radius 3 is 2.58 bits per heavy atom. The Kier molecular flexibility index (Phi) is 4.90. The summed E-state index contributed by atoms with van der Waals surface area (Å²) in [6.07, 6.45) is 2.33. The van der Waals surface area contributed by atoms with Gasteiger partial charge >= 0.3 is 0 Å². The van der Waals surface area contributed by atoms with Gasteiger partial charge in [0.1, 0.15) is 0 Å². The van der Waals surface area contributed by atoms with Gasteiger partial charge in [-0.2, -0.15) is 5.10 Å². The lowest BCUT2D eigenvalue weighted by atomic mass is 10.0. The van der Waals surface area contributed by atoms with Crippen LogP contribution in [0.5, 0.6) is 0 Å². The molecule has 0 saturated heterocycles. The first-order valence-corrected chi connectivity index (χ1v) is 7.49. The van der Waals surface area contributed by atoms with E-state index in [1.54, 1.807) is 6.20 Å². The summed E-state index contributed by atoms with van der Waals surface area (Å²) in [5.74, 6) is 0. The zero-order valence-electron chi connectivity index (χ0n) is 10.4. The maximum Gasteiger partial charge on any atom is 0.0696 e. The third-order valence-electron chi connectivity index (χ3n) is 2.97. The van der Waals surface area contributed by atoms with E-state index in [0.29, 0.717) is 16.5 Å². The number of hydrogen-bond donors (Lipinski definition) is 1. The Balaban J connectivity index is 2.31. The zero-order valence-corrected chi connectivity index (χ0v) is 13.5. The molecular weight excluding hydrogens is 349 g/mol. The lowest BCUT2D eigenvalue weighted by Crippen LogP contribution is -2.19. The Labute approximate surface area is 130 Å². The first-order valence-electron chi connectivity index (χ1n) is 5.94. The Bertz CT molecular complexity index is 563. The van der Waals surface area contributed by atoms with Crippen molar-refractivity contribution in [1.82, 2.24) is 9.78 Å². The highest BCUT2D eigenvalue weighted by Gasteiger charge is 2.18. The number of rotatable bonds is 4. The van der Waals surface area contributed by atoms with Crippen LogP contribution in [0.3, 0.4) is 0 Å². The fraction of sp³-hybridized carbons (Fsp3) is 0.308. The summed E-state index contributed by atoms with van der Waals surface area (Å²) >= 11 is 15.8. The molecule has 1 aromatic heterocycles. The summed E-state index contributed by atoms with van der Waals surface area (Å²) < 4.78 is 2.78. The number of aromatic nitrogens is 2. The first-order chi connectivity index (χ1) is 9.04. The molecule has 0 amide bonds. The van der Waals surface area contributed by atoms with Gasteiger partial charge in [0.2, 0.25) is 0 Å². The predicted molar refractivity (Wildman–Crippen MR) is 82.7 cm³/mol. The number of aryl methyl sites for hydroxylation is 1. The Morgan fingerprint density at radius 1 is 1.37 bits per heavy atom. The van der Waals surface area contributed by atoms with Crippen LogP contribution < -0.4 is 5.73 Å². The van der Waals surface area contributed by atoms with Gasteiger partial charge in [-0.25, -0.2) is 0 Å². The monoisotopic (exact) mass is 361 g/mol. The molecular formula is C13H14BrCl2N3. The topological polar surface area (TPSA) is 43.8 Å². The minimum atomic E-state index is -0.214. The van der Waals surface area contributed by atoms with Crippen molar-refractivity contribution in [3.63, 3.8) is 0 Å². The predicted octanol–water partition coefficient (Wildman–Crippen LogP) is 4.21. The summed E-state index contributed by atoms with van der Waals surface area (Å²) in [6, 6.07) is 5.25. The Morgan fingerprint density at radius 2 is 2.00 bits per heavy atom. The summed E-state index contributed by atoms with van der Waals surface area (Å²) in [4.78, 5) is 0. The van der Waals surface area contributed by atoms with Crippen LogP contribution >= 0.6 is 39.1 Å². The molecule has 2 rings (SSSR count). The van der Waals surface area contributed by atoms with Crippen molar-refractivity contribution in [1.29, 1.82) is 0 Å². The molecule has 0 fully saturated rings. The third-order valence-corrected chi connectivity index (χ3v) is 4.29. The summed E-state index contributed by atoms with van der Waals surface area (Å²) in [7, 11) is 0. The number of hydrogen-bond acceptors (Lipinski definition) is 2. The van der Waals surface area contributed by atoms with Crippen LogP contribution in [0, 0.1) is 0 Å². The molecule has 0 saturated carbocycles. The molecule has 1 heterocycles. The van der Waals surface area contributed by atoms with Crippen LogP contribution in [-0.2, 0) is 13.0 Å². The molecule has 19 heavy (non-hydrogen) atoms. The minimum Gasteiger partial charge on any atom is -0.322 e. The number of benzene rings is 1. The highest BCUT2D eigenvalue weighted by Crippen LogP contribution is 2.30. The molecule has 1 atom stereocenters. The zero-order chi connectivity index (χ0) is 14.0. The number of halogens is 3. The molecule has 2 N–H and O–H groups in total. The fourth-order valence-electron chi connectivity index (χ4n) is 2.04. The SMILES string of the molecule is CCn1ncc(Br)c1C(N)Cc1c(Cl)cccc1Cl. The standard InChI is InChI=1S/C13H14BrCl2N3/c1-2-19-13(9(14)7-18-19)12(17)6-8-10(15)4-3-5-11(8)16/h3-5,7,12H,2,6,17H2,1H3. The molecule has 0 bridgehead atoms. The van der Waals surface area contributed by atoms with E-state index in [1.165, 1.54) is 0 Å². The smallest absolute Gasteiger partial charge is 0.0696 e. The van der Waals surface area contributed by atoms with Crippen LogP contribution in [0.25, 0.3) is 0 Å². The minimum absolute atomic E-state index is 0.214. The fourth-order valence-corrected chi connectivity index (χ4v) is 3.18. The van der Waals surface area contributed by atoms with Crippen molar-refractivity contribution in [3.8, 4) is 0 Å². The van der Waals surface area contributed by atoms with Gasteiger partial charge < -0.3 is 5.73 Å². The van der Waals surface area contributed by atoms with Crippen molar-refractivity contribution in [2.75, 3.05) is 0 Å². The number of nitrogens with zero attached hydrogens (tertiary/aromatic N) is 2. The van der Waals surface area contributed by atoms with Crippen molar-refractivity contribution >= 4 is 39.1 Å². The quantitative estimate of drug-likeness (QED) is 0.884. The lowest BCUT2D eigenvalue weighted by molar-refractivity contribution is 0.567. The molecule has 0 radical (unpaired) electrons. The van der Waals surface area contributed by atoms with Crippen LogP contribution in [0.2, 0.25) is 10.0 Å². The van der Waals surface area contributed by atoms with E-state index in [2.05, 4.69) is 21.0 Å². The highest BCUT2D eigenvalue weighted by molar-refractivity contribution is 9.10. The van der Waals surface area contributed by atoms with Gasteiger partial charge in [0, 0.05) is 16.6 Å². The van der Waals surface area contributed by atoms with E-state index in [4.69, 9.17) is 28.9 Å². The largest absolute Gasteiger partial charge is 0.322 e. The van der Waals surface area contributed by atoms with Crippen molar-refractivity contribution in [2.45, 2.75) is 25.9 Å². The normalized spacial score (nSPS) is 12.7. The van der Waals surface area contributed by atoms with Gasteiger partial charge in [0.05, 0.1) is 22.4 Å². The van der Waals surface area contributed by atoms with E-state index in [9.17, 15) is 0 Å². The van der Waals surface area contributed by atoms with Gasteiger partial charge in [0.25, 0.3) is 0 Å². The van der Waals surface area contributed by atoms with Crippen molar-refractivity contribution in [2.24, 2.45) is 5.73 Å². The number of nitrogens with two attached hydrogens (primary N) is 1. The van der Waals surface area contributed by atoms with Crippen LogP contribution in [-0.4, -0.2) is 9.78 Å². The van der Waals surface area contributed by atoms with Gasteiger partial charge in [-0.05, 0) is 47.0 Å². The summed E-state index contributed by atoms with van der Waals surface area (Å²) in [5.41, 5.74) is 8.10. The summed E-state index contributed by atoms with van der Waals surface area (Å²) in [5, 5.41) is 5.55. The molecule has 3 nitrogen and oxygen atoms in total.